The molecule has 1 aliphatic rings. The van der Waals surface area contributed by atoms with Crippen molar-refractivity contribution in [1.29, 1.82) is 0 Å². The lowest BCUT2D eigenvalue weighted by Crippen LogP contribution is -2.45. The average molecular weight is 414 g/mol. The van der Waals surface area contributed by atoms with Crippen LogP contribution in [0.3, 0.4) is 0 Å². The Balaban J connectivity index is 1.97. The van der Waals surface area contributed by atoms with E-state index in [0.717, 1.165) is 5.56 Å². The van der Waals surface area contributed by atoms with E-state index in [1.54, 1.807) is 30.3 Å². The van der Waals surface area contributed by atoms with Crippen molar-refractivity contribution >= 4 is 40.5 Å². The maximum absolute atomic E-state index is 13.1. The first-order valence-corrected chi connectivity index (χ1v) is 9.46. The Hall–Kier alpha value is -2.83. The second-order valence-electron chi connectivity index (χ2n) is 6.17. The van der Waals surface area contributed by atoms with Gasteiger partial charge in [-0.3, -0.25) is 4.79 Å². The number of hydrogen-bond donors (Lipinski definition) is 3. The smallest absolute Gasteiger partial charge is 0.255 e. The SMILES string of the molecule is C=CCOc1ccccc1[C@@H]1NC(=S)NC(C)=C1C(=O)Nc1cccc(Cl)c1. The molecule has 1 amide bonds. The maximum Gasteiger partial charge on any atom is 0.255 e. The first-order valence-electron chi connectivity index (χ1n) is 8.67. The third-order valence-electron chi connectivity index (χ3n) is 4.18. The highest BCUT2D eigenvalue weighted by molar-refractivity contribution is 7.80. The highest BCUT2D eigenvalue weighted by Gasteiger charge is 2.31. The van der Waals surface area contributed by atoms with Crippen LogP contribution in [0.5, 0.6) is 5.75 Å². The summed E-state index contributed by atoms with van der Waals surface area (Å²) in [6.45, 7) is 5.86. The van der Waals surface area contributed by atoms with Gasteiger partial charge in [0, 0.05) is 22.0 Å². The third kappa shape index (κ3) is 4.52. The molecule has 5 nitrogen and oxygen atoms in total. The van der Waals surface area contributed by atoms with Crippen molar-refractivity contribution in [2.75, 3.05) is 11.9 Å². The number of carbonyl (C=O) groups is 1. The van der Waals surface area contributed by atoms with Crippen LogP contribution in [-0.4, -0.2) is 17.6 Å². The zero-order valence-electron chi connectivity index (χ0n) is 15.3. The molecule has 0 unspecified atom stereocenters. The zero-order valence-corrected chi connectivity index (χ0v) is 16.9. The predicted molar refractivity (Wildman–Crippen MR) is 117 cm³/mol. The summed E-state index contributed by atoms with van der Waals surface area (Å²) < 4.78 is 5.78. The number of halogens is 1. The Labute approximate surface area is 174 Å². The second kappa shape index (κ2) is 8.91. The minimum atomic E-state index is -0.464. The van der Waals surface area contributed by atoms with Crippen molar-refractivity contribution in [1.82, 2.24) is 10.6 Å². The molecule has 0 spiro atoms. The van der Waals surface area contributed by atoms with Gasteiger partial charge in [0.05, 0.1) is 11.6 Å². The summed E-state index contributed by atoms with van der Waals surface area (Å²) in [7, 11) is 0. The van der Waals surface area contributed by atoms with Gasteiger partial charge in [0.1, 0.15) is 12.4 Å². The van der Waals surface area contributed by atoms with Crippen LogP contribution < -0.4 is 20.7 Å². The zero-order chi connectivity index (χ0) is 20.1. The van der Waals surface area contributed by atoms with Crippen LogP contribution in [0, 0.1) is 0 Å². The maximum atomic E-state index is 13.1. The Bertz CT molecular complexity index is 958. The fourth-order valence-electron chi connectivity index (χ4n) is 2.99. The quantitative estimate of drug-likeness (QED) is 0.486. The molecule has 0 radical (unpaired) electrons. The summed E-state index contributed by atoms with van der Waals surface area (Å²) in [5.41, 5.74) is 2.61. The molecule has 0 saturated carbocycles. The van der Waals surface area contributed by atoms with Crippen LogP contribution in [0.2, 0.25) is 5.02 Å². The fraction of sp³-hybridized carbons (Fsp3) is 0.143. The molecule has 1 heterocycles. The van der Waals surface area contributed by atoms with E-state index < -0.39 is 6.04 Å². The minimum Gasteiger partial charge on any atom is -0.489 e. The average Bonchev–Trinajstić information content (AvgIpc) is 2.66. The molecule has 7 heteroatoms. The van der Waals surface area contributed by atoms with Gasteiger partial charge in [0.2, 0.25) is 0 Å². The van der Waals surface area contributed by atoms with Gasteiger partial charge >= 0.3 is 0 Å². The largest absolute Gasteiger partial charge is 0.489 e. The molecule has 3 rings (SSSR count). The number of amides is 1. The summed E-state index contributed by atoms with van der Waals surface area (Å²) in [5, 5.41) is 10.1. The van der Waals surface area contributed by atoms with Gasteiger partial charge in [-0.2, -0.15) is 0 Å². The Morgan fingerprint density at radius 3 is 2.86 bits per heavy atom. The molecule has 0 fully saturated rings. The number of rotatable bonds is 6. The monoisotopic (exact) mass is 413 g/mol. The van der Waals surface area contributed by atoms with Crippen LogP contribution in [0.1, 0.15) is 18.5 Å². The molecule has 144 valence electrons. The molecule has 1 atom stereocenters. The number of anilines is 1. The van der Waals surface area contributed by atoms with Gasteiger partial charge in [-0.05, 0) is 43.4 Å². The molecular weight excluding hydrogens is 394 g/mol. The van der Waals surface area contributed by atoms with Crippen molar-refractivity contribution in [3.63, 3.8) is 0 Å². The van der Waals surface area contributed by atoms with Crippen molar-refractivity contribution in [3.05, 3.63) is 83.0 Å². The van der Waals surface area contributed by atoms with E-state index in [-0.39, 0.29) is 5.91 Å². The minimum absolute atomic E-state index is 0.259. The van der Waals surface area contributed by atoms with Gasteiger partial charge in [-0.15, -0.1) is 0 Å². The van der Waals surface area contributed by atoms with Crippen molar-refractivity contribution in [3.8, 4) is 5.75 Å². The molecule has 0 saturated heterocycles. The number of para-hydroxylation sites is 1. The molecular formula is C21H20ClN3O2S. The summed E-state index contributed by atoms with van der Waals surface area (Å²) in [4.78, 5) is 13.1. The molecule has 3 N–H and O–H groups in total. The lowest BCUT2D eigenvalue weighted by molar-refractivity contribution is -0.113. The molecule has 2 aromatic carbocycles. The first-order chi connectivity index (χ1) is 13.5. The van der Waals surface area contributed by atoms with Crippen molar-refractivity contribution in [2.45, 2.75) is 13.0 Å². The summed E-state index contributed by atoms with van der Waals surface area (Å²) >= 11 is 11.3. The second-order valence-corrected chi connectivity index (χ2v) is 7.02. The molecule has 28 heavy (non-hydrogen) atoms. The first kappa shape index (κ1) is 19.9. The predicted octanol–water partition coefficient (Wildman–Crippen LogP) is 4.34. The van der Waals surface area contributed by atoms with Gasteiger partial charge in [0.25, 0.3) is 5.91 Å². The lowest BCUT2D eigenvalue weighted by Gasteiger charge is -2.31. The van der Waals surface area contributed by atoms with Crippen LogP contribution in [0.4, 0.5) is 5.69 Å². The highest BCUT2D eigenvalue weighted by Crippen LogP contribution is 2.33. The van der Waals surface area contributed by atoms with E-state index in [9.17, 15) is 4.79 Å². The van der Waals surface area contributed by atoms with Gasteiger partial charge < -0.3 is 20.7 Å². The number of nitrogens with one attached hydrogen (secondary N) is 3. The van der Waals surface area contributed by atoms with Gasteiger partial charge in [-0.25, -0.2) is 0 Å². The number of benzene rings is 2. The molecule has 1 aliphatic heterocycles. The summed E-state index contributed by atoms with van der Waals surface area (Å²) in [6, 6.07) is 14.1. The van der Waals surface area contributed by atoms with E-state index in [1.807, 2.05) is 31.2 Å². The Morgan fingerprint density at radius 1 is 1.32 bits per heavy atom. The lowest BCUT2D eigenvalue weighted by atomic mass is 9.94. The van der Waals surface area contributed by atoms with E-state index in [0.29, 0.717) is 39.4 Å². The van der Waals surface area contributed by atoms with Crippen LogP contribution in [0.15, 0.2) is 72.5 Å². The van der Waals surface area contributed by atoms with Crippen LogP contribution in [-0.2, 0) is 4.79 Å². The molecule has 0 aromatic heterocycles. The van der Waals surface area contributed by atoms with Crippen LogP contribution >= 0.6 is 23.8 Å². The standard InChI is InChI=1S/C21H20ClN3O2S/c1-3-11-27-17-10-5-4-9-16(17)19-18(13(2)23-21(28)25-19)20(26)24-15-8-6-7-14(22)12-15/h3-10,12,19H,1,11H2,2H3,(H,24,26)(H2,23,25,28)/t19-/m0/s1. The summed E-state index contributed by atoms with van der Waals surface area (Å²) in [6.07, 6.45) is 1.67. The van der Waals surface area contributed by atoms with E-state index in [1.165, 1.54) is 0 Å². The van der Waals surface area contributed by atoms with Gasteiger partial charge in [-0.1, -0.05) is 48.5 Å². The number of hydrogen-bond acceptors (Lipinski definition) is 3. The fourth-order valence-corrected chi connectivity index (χ4v) is 3.45. The normalized spacial score (nSPS) is 16.1. The molecule has 0 bridgehead atoms. The topological polar surface area (TPSA) is 62.4 Å². The van der Waals surface area contributed by atoms with Crippen molar-refractivity contribution < 1.29 is 9.53 Å². The van der Waals surface area contributed by atoms with Crippen LogP contribution in [0.25, 0.3) is 0 Å². The third-order valence-corrected chi connectivity index (χ3v) is 4.64. The molecule has 0 aliphatic carbocycles. The van der Waals surface area contributed by atoms with E-state index >= 15 is 0 Å². The Kier molecular flexibility index (Phi) is 6.34. The molecule has 2 aromatic rings. The number of ether oxygens (including phenoxy) is 1. The highest BCUT2D eigenvalue weighted by atomic mass is 35.5. The number of thiocarbonyl (C=S) groups is 1. The van der Waals surface area contributed by atoms with Crippen molar-refractivity contribution in [2.24, 2.45) is 0 Å². The Morgan fingerprint density at radius 2 is 2.11 bits per heavy atom. The summed E-state index contributed by atoms with van der Waals surface area (Å²) in [5.74, 6) is 0.399. The van der Waals surface area contributed by atoms with Gasteiger partial charge in [0.15, 0.2) is 5.11 Å². The van der Waals surface area contributed by atoms with E-state index in [2.05, 4.69) is 22.5 Å². The van der Waals surface area contributed by atoms with E-state index in [4.69, 9.17) is 28.6 Å². The number of carbonyl (C=O) groups excluding carboxylic acids is 1. The number of allylic oxidation sites excluding steroid dienone is 1.